The van der Waals surface area contributed by atoms with Gasteiger partial charge in [0.2, 0.25) is 0 Å². The zero-order valence-electron chi connectivity index (χ0n) is 10.2. The summed E-state index contributed by atoms with van der Waals surface area (Å²) in [5, 5.41) is 0. The van der Waals surface area contributed by atoms with Crippen molar-refractivity contribution in [2.75, 3.05) is 0 Å². The van der Waals surface area contributed by atoms with Gasteiger partial charge in [0, 0.05) is 0 Å². The lowest BCUT2D eigenvalue weighted by molar-refractivity contribution is 0.696. The Labute approximate surface area is 112 Å². The SMILES string of the molecule is C[Si](C)(C)NP(F)(F)=NP1(F)=NP(F)(F)=NP(F)(F)=N1. The molecular formula is C3H10F7N5P4Si. The van der Waals surface area contributed by atoms with Crippen LogP contribution < -0.4 is 4.75 Å². The molecule has 0 fully saturated rings. The van der Waals surface area contributed by atoms with Crippen molar-refractivity contribution < 1.29 is 29.4 Å². The fourth-order valence-corrected chi connectivity index (χ4v) is 11.6. The van der Waals surface area contributed by atoms with Gasteiger partial charge in [-0.25, -0.2) is 0 Å². The highest BCUT2D eigenvalue weighted by molar-refractivity contribution is 7.81. The largest absolute Gasteiger partial charge is 0.424 e. The molecule has 0 spiro atoms. The van der Waals surface area contributed by atoms with Gasteiger partial charge in [-0.05, 0) is 0 Å². The molecule has 0 aromatic carbocycles. The van der Waals surface area contributed by atoms with Crippen molar-refractivity contribution in [3.8, 4) is 0 Å². The lowest BCUT2D eigenvalue weighted by atomic mass is 11.8. The Hall–Kier alpha value is 0.607. The number of rotatable bonds is 3. The van der Waals surface area contributed by atoms with E-state index >= 15 is 0 Å². The molecule has 0 saturated carbocycles. The Morgan fingerprint density at radius 2 is 1.35 bits per heavy atom. The first-order chi connectivity index (χ1) is 8.54. The molecule has 1 N–H and O–H groups in total. The van der Waals surface area contributed by atoms with Crippen molar-refractivity contribution in [1.82, 2.24) is 4.75 Å². The summed E-state index contributed by atoms with van der Waals surface area (Å²) in [6, 6.07) is 0. The minimum atomic E-state index is -6.01. The molecule has 5 nitrogen and oxygen atoms in total. The second-order valence-electron chi connectivity index (χ2n) is 4.61. The Morgan fingerprint density at radius 3 is 1.75 bits per heavy atom. The highest BCUT2D eigenvalue weighted by atomic mass is 31.3. The van der Waals surface area contributed by atoms with Crippen LogP contribution in [-0.4, -0.2) is 8.24 Å². The molecule has 1 heterocycles. The molecule has 0 aromatic heterocycles. The van der Waals surface area contributed by atoms with Crippen LogP contribution in [0.2, 0.25) is 19.6 Å². The van der Waals surface area contributed by atoms with Gasteiger partial charge in [-0.15, -0.1) is 34.8 Å². The van der Waals surface area contributed by atoms with E-state index in [0.717, 1.165) is 0 Å². The summed E-state index contributed by atoms with van der Waals surface area (Å²) in [5.41, 5.74) is 0. The highest BCUT2D eigenvalue weighted by Crippen LogP contribution is 2.83. The average Bonchev–Trinajstić information content (AvgIpc) is 1.83. The smallest absolute Gasteiger partial charge is 0.254 e. The van der Waals surface area contributed by atoms with Gasteiger partial charge >= 0.3 is 31.1 Å². The second kappa shape index (κ2) is 5.35. The van der Waals surface area contributed by atoms with Crippen LogP contribution in [0, 0.1) is 0 Å². The highest BCUT2D eigenvalue weighted by Gasteiger charge is 2.41. The van der Waals surface area contributed by atoms with Crippen molar-refractivity contribution >= 4 is 39.4 Å². The van der Waals surface area contributed by atoms with Gasteiger partial charge in [0.15, 0.2) is 0 Å². The van der Waals surface area contributed by atoms with E-state index in [2.05, 4.69) is 13.5 Å². The fraction of sp³-hybridized carbons (Fsp3) is 1.00. The maximum atomic E-state index is 13.8. The van der Waals surface area contributed by atoms with Crippen molar-refractivity contribution in [3.05, 3.63) is 0 Å². The zero-order chi connectivity index (χ0) is 16.0. The van der Waals surface area contributed by atoms with E-state index in [1.807, 2.05) is 0 Å². The molecule has 120 valence electrons. The van der Waals surface area contributed by atoms with E-state index in [0.29, 0.717) is 0 Å². The van der Waals surface area contributed by atoms with Crippen LogP contribution >= 0.6 is 31.1 Å². The number of halogens is 7. The summed E-state index contributed by atoms with van der Waals surface area (Å²) in [5.74, 6) is 0. The third kappa shape index (κ3) is 6.16. The number of hydrogen-bond donors (Lipinski definition) is 1. The summed E-state index contributed by atoms with van der Waals surface area (Å²) in [4.78, 5) is 0. The van der Waals surface area contributed by atoms with E-state index < -0.39 is 39.4 Å². The molecule has 0 aliphatic carbocycles. The van der Waals surface area contributed by atoms with E-state index in [1.54, 1.807) is 9.27 Å². The van der Waals surface area contributed by atoms with Crippen LogP contribution in [0.4, 0.5) is 29.4 Å². The molecule has 1 unspecified atom stereocenters. The number of nitrogens with one attached hydrogen (secondary N) is 1. The molecule has 1 aliphatic heterocycles. The van der Waals surface area contributed by atoms with Crippen molar-refractivity contribution in [1.29, 1.82) is 0 Å². The maximum absolute atomic E-state index is 13.8. The van der Waals surface area contributed by atoms with Gasteiger partial charge in [-0.1, -0.05) is 19.6 Å². The van der Waals surface area contributed by atoms with Gasteiger partial charge in [-0.3, -0.25) is 4.75 Å². The van der Waals surface area contributed by atoms with Crippen molar-refractivity contribution in [2.24, 2.45) is 18.1 Å². The molecule has 0 saturated heterocycles. The van der Waals surface area contributed by atoms with Crippen LogP contribution in [0.5, 0.6) is 0 Å². The third-order valence-electron chi connectivity index (χ3n) is 1.35. The minimum absolute atomic E-state index is 1.42. The van der Waals surface area contributed by atoms with Crippen LogP contribution in [0.25, 0.3) is 0 Å². The van der Waals surface area contributed by atoms with Crippen LogP contribution in [-0.2, 0) is 0 Å². The second-order valence-corrected chi connectivity index (χ2v) is 16.6. The van der Waals surface area contributed by atoms with Crippen molar-refractivity contribution in [3.63, 3.8) is 0 Å². The summed E-state index contributed by atoms with van der Waals surface area (Å²) >= 11 is 0. The van der Waals surface area contributed by atoms with E-state index in [1.165, 1.54) is 19.6 Å². The Morgan fingerprint density at radius 1 is 0.900 bits per heavy atom. The molecule has 0 radical (unpaired) electrons. The van der Waals surface area contributed by atoms with Gasteiger partial charge in [0.25, 0.3) is 0 Å². The maximum Gasteiger partial charge on any atom is 0.424 e. The summed E-state index contributed by atoms with van der Waals surface area (Å²) in [6.45, 7) is 4.27. The first-order valence-electron chi connectivity index (χ1n) is 4.76. The van der Waals surface area contributed by atoms with Crippen molar-refractivity contribution in [2.45, 2.75) is 19.6 Å². The predicted molar refractivity (Wildman–Crippen MR) is 71.6 cm³/mol. The zero-order valence-corrected chi connectivity index (χ0v) is 14.8. The average molecular weight is 401 g/mol. The van der Waals surface area contributed by atoms with Gasteiger partial charge in [0.05, 0.1) is 0 Å². The molecule has 17 heteroatoms. The summed E-state index contributed by atoms with van der Waals surface area (Å²) in [6.07, 6.45) is 0. The quantitative estimate of drug-likeness (QED) is 0.291. The normalized spacial score (nSPS) is 28.9. The minimum Gasteiger partial charge on any atom is -0.254 e. The molecule has 0 amide bonds. The monoisotopic (exact) mass is 401 g/mol. The molecule has 0 bridgehead atoms. The van der Waals surface area contributed by atoms with E-state index in [9.17, 15) is 29.4 Å². The number of hydrogen-bond acceptors (Lipinski definition) is 4. The van der Waals surface area contributed by atoms with E-state index in [-0.39, 0.29) is 0 Å². The molecular weight excluding hydrogens is 391 g/mol. The standard InChI is InChI=1S/C3H10F7N5P4Si/c1-20(2,3)15-18(8,9)14-19(10)12-16(4,5)11-17(6,7)13-19/h15H,1-3H3. The first-order valence-corrected chi connectivity index (χ1v) is 14.3. The summed E-state index contributed by atoms with van der Waals surface area (Å²) in [7, 11) is -25.9. The molecule has 20 heavy (non-hydrogen) atoms. The summed E-state index contributed by atoms with van der Waals surface area (Å²) < 4.78 is 102. The molecule has 1 aliphatic rings. The van der Waals surface area contributed by atoms with Crippen LogP contribution in [0.3, 0.4) is 0 Å². The number of nitrogens with zero attached hydrogens (tertiary/aromatic N) is 4. The predicted octanol–water partition coefficient (Wildman–Crippen LogP) is 8.00. The lowest BCUT2D eigenvalue weighted by Gasteiger charge is -2.21. The molecule has 1 rings (SSSR count). The first kappa shape index (κ1) is 18.7. The topological polar surface area (TPSA) is 61.5 Å². The molecule has 0 aromatic rings. The van der Waals surface area contributed by atoms with E-state index in [4.69, 9.17) is 0 Å². The Kier molecular flexibility index (Phi) is 4.99. The fourth-order valence-electron chi connectivity index (χ4n) is 1.06. The van der Waals surface area contributed by atoms with Crippen LogP contribution in [0.1, 0.15) is 0 Å². The van der Waals surface area contributed by atoms with Gasteiger partial charge < -0.3 is 0 Å². The Balaban J connectivity index is 3.44. The van der Waals surface area contributed by atoms with Gasteiger partial charge in [0.1, 0.15) is 8.24 Å². The lowest BCUT2D eigenvalue weighted by Crippen LogP contribution is -2.36. The van der Waals surface area contributed by atoms with Crippen LogP contribution in [0.15, 0.2) is 18.1 Å². The Bertz CT molecular complexity index is 611. The van der Waals surface area contributed by atoms with Gasteiger partial charge in [-0.2, -0.15) is 12.6 Å². The third-order valence-corrected chi connectivity index (χ3v) is 12.2. The molecule has 1 atom stereocenters.